The van der Waals surface area contributed by atoms with Gasteiger partial charge in [-0.25, -0.2) is 8.42 Å². The van der Waals surface area contributed by atoms with Crippen molar-refractivity contribution in [2.24, 2.45) is 7.05 Å². The molecule has 1 unspecified atom stereocenters. The average Bonchev–Trinajstić information content (AvgIpc) is 3.19. The molecule has 0 aromatic carbocycles. The van der Waals surface area contributed by atoms with Gasteiger partial charge in [0.1, 0.15) is 4.90 Å². The van der Waals surface area contributed by atoms with Crippen molar-refractivity contribution in [3.8, 4) is 0 Å². The summed E-state index contributed by atoms with van der Waals surface area (Å²) in [5.41, 5.74) is 1.03. The first-order valence-electron chi connectivity index (χ1n) is 7.89. The Morgan fingerprint density at radius 3 is 2.71 bits per heavy atom. The molecule has 3 rings (SSSR count). The molecule has 2 heterocycles. The van der Waals surface area contributed by atoms with Crippen molar-refractivity contribution in [1.29, 1.82) is 0 Å². The lowest BCUT2D eigenvalue weighted by atomic mass is 10.1. The third kappa shape index (κ3) is 3.17. The molecule has 5 nitrogen and oxygen atoms in total. The number of hydrogen-bond acceptors (Lipinski definition) is 3. The third-order valence-corrected chi connectivity index (χ3v) is 6.56. The van der Waals surface area contributed by atoms with Crippen molar-refractivity contribution in [1.82, 2.24) is 14.2 Å². The van der Waals surface area contributed by atoms with E-state index in [1.165, 1.54) is 12.8 Å². The molecule has 2 fully saturated rings. The van der Waals surface area contributed by atoms with Crippen LogP contribution in [0, 0.1) is 0 Å². The number of aryl methyl sites for hydroxylation is 1. The predicted octanol–water partition coefficient (Wildman–Crippen LogP) is 1.84. The second kappa shape index (κ2) is 5.74. The van der Waals surface area contributed by atoms with E-state index in [4.69, 9.17) is 0 Å². The summed E-state index contributed by atoms with van der Waals surface area (Å²) >= 11 is 0. The van der Waals surface area contributed by atoms with Crippen molar-refractivity contribution in [2.75, 3.05) is 6.54 Å². The molecule has 1 saturated heterocycles. The Balaban J connectivity index is 1.79. The van der Waals surface area contributed by atoms with E-state index >= 15 is 0 Å². The van der Waals surface area contributed by atoms with Crippen LogP contribution in [-0.4, -0.2) is 35.9 Å². The lowest BCUT2D eigenvalue weighted by Crippen LogP contribution is -2.41. The first-order chi connectivity index (χ1) is 9.98. The van der Waals surface area contributed by atoms with Crippen LogP contribution in [0.5, 0.6) is 0 Å². The fourth-order valence-corrected chi connectivity index (χ4v) is 4.79. The fraction of sp³-hybridized carbons (Fsp3) is 0.733. The van der Waals surface area contributed by atoms with Crippen LogP contribution < -0.4 is 5.32 Å². The summed E-state index contributed by atoms with van der Waals surface area (Å²) in [5.74, 6) is 0. The van der Waals surface area contributed by atoms with Crippen LogP contribution in [0.2, 0.25) is 0 Å². The fourth-order valence-electron chi connectivity index (χ4n) is 2.99. The molecule has 0 radical (unpaired) electrons. The highest BCUT2D eigenvalue weighted by Gasteiger charge is 2.32. The average molecular weight is 311 g/mol. The SMILES string of the molecule is CC1CCCCN1S(=O)(=O)c1cc(CNC2CC2)n(C)c1. The topological polar surface area (TPSA) is 54.3 Å². The maximum Gasteiger partial charge on any atom is 0.244 e. The van der Waals surface area contributed by atoms with Crippen molar-refractivity contribution in [2.45, 2.75) is 62.6 Å². The van der Waals surface area contributed by atoms with Crippen LogP contribution in [0.3, 0.4) is 0 Å². The Kier molecular flexibility index (Phi) is 4.12. The second-order valence-electron chi connectivity index (χ2n) is 6.39. The molecular weight excluding hydrogens is 286 g/mol. The van der Waals surface area contributed by atoms with Gasteiger partial charge in [-0.1, -0.05) is 6.42 Å². The highest BCUT2D eigenvalue weighted by atomic mass is 32.2. The number of nitrogens with one attached hydrogen (secondary N) is 1. The number of aromatic nitrogens is 1. The maximum atomic E-state index is 12.8. The molecule has 1 aromatic heterocycles. The molecule has 21 heavy (non-hydrogen) atoms. The zero-order valence-corrected chi connectivity index (χ0v) is 13.7. The summed E-state index contributed by atoms with van der Waals surface area (Å²) in [4.78, 5) is 0.436. The Bertz CT molecular complexity index is 604. The van der Waals surface area contributed by atoms with E-state index in [1.807, 2.05) is 24.6 Å². The van der Waals surface area contributed by atoms with Gasteiger partial charge < -0.3 is 9.88 Å². The number of rotatable bonds is 5. The van der Waals surface area contributed by atoms with Gasteiger partial charge in [0, 0.05) is 44.1 Å². The van der Waals surface area contributed by atoms with Crippen molar-refractivity contribution >= 4 is 10.0 Å². The van der Waals surface area contributed by atoms with Gasteiger partial charge in [-0.05, 0) is 38.7 Å². The summed E-state index contributed by atoms with van der Waals surface area (Å²) in [7, 11) is -1.43. The van der Waals surface area contributed by atoms with E-state index in [0.717, 1.165) is 31.5 Å². The third-order valence-electron chi connectivity index (χ3n) is 4.58. The molecule has 1 atom stereocenters. The Labute approximate surface area is 127 Å². The van der Waals surface area contributed by atoms with Gasteiger partial charge in [-0.3, -0.25) is 0 Å². The van der Waals surface area contributed by atoms with E-state index < -0.39 is 10.0 Å². The summed E-state index contributed by atoms with van der Waals surface area (Å²) < 4.78 is 29.2. The number of nitrogens with zero attached hydrogens (tertiary/aromatic N) is 2. The summed E-state index contributed by atoms with van der Waals surface area (Å²) in [6, 6.07) is 2.56. The van der Waals surface area contributed by atoms with Crippen LogP contribution in [0.4, 0.5) is 0 Å². The predicted molar refractivity (Wildman–Crippen MR) is 82.5 cm³/mol. The van der Waals surface area contributed by atoms with E-state index in [2.05, 4.69) is 5.32 Å². The Morgan fingerprint density at radius 1 is 1.29 bits per heavy atom. The number of sulfonamides is 1. The second-order valence-corrected chi connectivity index (χ2v) is 8.28. The standard InChI is InChI=1S/C15H25N3O2S/c1-12-5-3-4-8-18(12)21(19,20)15-9-14(17(2)11-15)10-16-13-6-7-13/h9,11-13,16H,3-8,10H2,1-2H3. The minimum Gasteiger partial charge on any atom is -0.352 e. The van der Waals surface area contributed by atoms with Crippen LogP contribution in [0.15, 0.2) is 17.2 Å². The van der Waals surface area contributed by atoms with Crippen LogP contribution in [0.25, 0.3) is 0 Å². The molecule has 0 amide bonds. The molecule has 0 bridgehead atoms. The maximum absolute atomic E-state index is 12.8. The van der Waals surface area contributed by atoms with Crippen molar-refractivity contribution in [3.05, 3.63) is 18.0 Å². The summed E-state index contributed by atoms with van der Waals surface area (Å²) in [5, 5.41) is 3.44. The molecule has 2 aliphatic rings. The lowest BCUT2D eigenvalue weighted by Gasteiger charge is -2.31. The molecule has 0 spiro atoms. The first kappa shape index (κ1) is 15.1. The van der Waals surface area contributed by atoms with Gasteiger partial charge in [-0.15, -0.1) is 0 Å². The highest BCUT2D eigenvalue weighted by molar-refractivity contribution is 7.89. The van der Waals surface area contributed by atoms with Gasteiger partial charge >= 0.3 is 0 Å². The van der Waals surface area contributed by atoms with E-state index in [1.54, 1.807) is 10.5 Å². The van der Waals surface area contributed by atoms with E-state index in [-0.39, 0.29) is 6.04 Å². The largest absolute Gasteiger partial charge is 0.352 e. The van der Waals surface area contributed by atoms with Crippen LogP contribution in [0.1, 0.15) is 44.7 Å². The number of hydrogen-bond donors (Lipinski definition) is 1. The van der Waals surface area contributed by atoms with E-state index in [9.17, 15) is 8.42 Å². The van der Waals surface area contributed by atoms with Crippen molar-refractivity contribution < 1.29 is 8.42 Å². The Morgan fingerprint density at radius 2 is 2.05 bits per heavy atom. The smallest absolute Gasteiger partial charge is 0.244 e. The van der Waals surface area contributed by atoms with Crippen LogP contribution in [-0.2, 0) is 23.6 Å². The van der Waals surface area contributed by atoms with Gasteiger partial charge in [0.25, 0.3) is 0 Å². The highest BCUT2D eigenvalue weighted by Crippen LogP contribution is 2.26. The molecule has 1 aliphatic carbocycles. The molecule has 1 N–H and O–H groups in total. The van der Waals surface area contributed by atoms with Gasteiger partial charge in [0.2, 0.25) is 10.0 Å². The molecule has 6 heteroatoms. The summed E-state index contributed by atoms with van der Waals surface area (Å²) in [6.07, 6.45) is 7.27. The Hall–Kier alpha value is -0.850. The normalized spacial score (nSPS) is 24.4. The first-order valence-corrected chi connectivity index (χ1v) is 9.33. The molecule has 1 saturated carbocycles. The minimum atomic E-state index is -3.35. The molecular formula is C15H25N3O2S. The van der Waals surface area contributed by atoms with Crippen molar-refractivity contribution in [3.63, 3.8) is 0 Å². The zero-order valence-electron chi connectivity index (χ0n) is 12.9. The number of piperidine rings is 1. The monoisotopic (exact) mass is 311 g/mol. The zero-order chi connectivity index (χ0) is 15.0. The molecule has 1 aliphatic heterocycles. The van der Waals surface area contributed by atoms with Crippen LogP contribution >= 0.6 is 0 Å². The lowest BCUT2D eigenvalue weighted by molar-refractivity contribution is 0.268. The molecule has 118 valence electrons. The molecule has 1 aromatic rings. The quantitative estimate of drug-likeness (QED) is 0.903. The van der Waals surface area contributed by atoms with Gasteiger partial charge in [0.15, 0.2) is 0 Å². The van der Waals surface area contributed by atoms with Gasteiger partial charge in [0.05, 0.1) is 0 Å². The summed E-state index contributed by atoms with van der Waals surface area (Å²) in [6.45, 7) is 3.40. The minimum absolute atomic E-state index is 0.108. The van der Waals surface area contributed by atoms with E-state index in [0.29, 0.717) is 17.5 Å². The van der Waals surface area contributed by atoms with Gasteiger partial charge in [-0.2, -0.15) is 4.31 Å².